The van der Waals surface area contributed by atoms with Crippen molar-refractivity contribution in [2.45, 2.75) is 37.9 Å². The van der Waals surface area contributed by atoms with Crippen LogP contribution in [0.2, 0.25) is 5.02 Å². The number of para-hydroxylation sites is 2. The number of benzene rings is 3. The number of alkyl halides is 3. The minimum absolute atomic E-state index is 0.0406. The topological polar surface area (TPSA) is 49.4 Å². The molecule has 0 saturated carbocycles. The molecule has 1 heterocycles. The number of anilines is 2. The van der Waals surface area contributed by atoms with Gasteiger partial charge in [0, 0.05) is 22.7 Å². The van der Waals surface area contributed by atoms with Crippen molar-refractivity contribution in [3.05, 3.63) is 106 Å². The quantitative estimate of drug-likeness (QED) is 0.399. The lowest BCUT2D eigenvalue weighted by molar-refractivity contribution is -0.170. The van der Waals surface area contributed by atoms with E-state index in [-0.39, 0.29) is 29.4 Å². The van der Waals surface area contributed by atoms with E-state index in [2.05, 4.69) is 5.32 Å². The number of carbonyl (C=O) groups is 2. The van der Waals surface area contributed by atoms with Gasteiger partial charge in [-0.1, -0.05) is 65.7 Å². The van der Waals surface area contributed by atoms with Crippen molar-refractivity contribution < 1.29 is 22.8 Å². The Labute approximate surface area is 211 Å². The van der Waals surface area contributed by atoms with Crippen LogP contribution in [0.4, 0.5) is 24.5 Å². The van der Waals surface area contributed by atoms with E-state index in [1.54, 1.807) is 36.4 Å². The van der Waals surface area contributed by atoms with Crippen molar-refractivity contribution in [2.75, 3.05) is 10.2 Å². The highest BCUT2D eigenvalue weighted by Gasteiger charge is 2.50. The number of Topliss-reactive ketones (excluding diaryl/α,β-unsaturated/α-hetero) is 1. The molecule has 1 aliphatic carbocycles. The molecule has 0 spiro atoms. The maximum absolute atomic E-state index is 13.9. The predicted molar refractivity (Wildman–Crippen MR) is 133 cm³/mol. The number of allylic oxidation sites excluding steroid dienone is 1. The molecular weight excluding hydrogens is 489 g/mol. The molecular formula is C28H22ClF3N2O2. The van der Waals surface area contributed by atoms with E-state index in [0.29, 0.717) is 33.3 Å². The van der Waals surface area contributed by atoms with E-state index in [1.807, 2.05) is 31.2 Å². The summed E-state index contributed by atoms with van der Waals surface area (Å²) >= 11 is 6.21. The van der Waals surface area contributed by atoms with Gasteiger partial charge in [-0.2, -0.15) is 13.2 Å². The smallest absolute Gasteiger partial charge is 0.357 e. The fraction of sp³-hybridized carbons (Fsp3) is 0.214. The number of nitrogens with zero attached hydrogens (tertiary/aromatic N) is 1. The third-order valence-electron chi connectivity index (χ3n) is 6.66. The molecule has 0 aromatic heterocycles. The number of ketones is 1. The summed E-state index contributed by atoms with van der Waals surface area (Å²) in [6, 6.07) is 19.2. The molecule has 1 aliphatic heterocycles. The molecule has 1 N–H and O–H groups in total. The Hall–Kier alpha value is -3.58. The summed E-state index contributed by atoms with van der Waals surface area (Å²) in [5.41, 5.74) is 3.41. The van der Waals surface area contributed by atoms with Gasteiger partial charge in [-0.3, -0.25) is 14.5 Å². The van der Waals surface area contributed by atoms with Crippen LogP contribution in [0.1, 0.15) is 41.5 Å². The molecule has 36 heavy (non-hydrogen) atoms. The molecule has 184 valence electrons. The average Bonchev–Trinajstić information content (AvgIpc) is 2.98. The van der Waals surface area contributed by atoms with Gasteiger partial charge in [-0.25, -0.2) is 0 Å². The molecule has 2 aliphatic rings. The Bertz CT molecular complexity index is 1380. The van der Waals surface area contributed by atoms with Crippen LogP contribution < -0.4 is 10.2 Å². The number of hydrogen-bond acceptors (Lipinski definition) is 3. The molecule has 0 bridgehead atoms. The van der Waals surface area contributed by atoms with Crippen molar-refractivity contribution >= 4 is 34.7 Å². The van der Waals surface area contributed by atoms with Gasteiger partial charge in [-0.15, -0.1) is 0 Å². The van der Waals surface area contributed by atoms with Gasteiger partial charge < -0.3 is 5.32 Å². The van der Waals surface area contributed by atoms with Crippen molar-refractivity contribution in [3.63, 3.8) is 0 Å². The minimum Gasteiger partial charge on any atom is -0.357 e. The molecule has 4 nitrogen and oxygen atoms in total. The average molecular weight is 511 g/mol. The standard InChI is InChI=1S/C28H22ClF3N2O2/c1-16-9-11-17(12-10-16)19-14-22-25(24(35)15-19)26(18-5-4-6-20(29)13-18)34(27(36)28(30,31)32)23-8-3-2-7-21(23)33-22/h2-13,19,26,33H,14-15H2,1H3. The van der Waals surface area contributed by atoms with Crippen molar-refractivity contribution in [1.82, 2.24) is 0 Å². The Balaban J connectivity index is 1.73. The zero-order valence-corrected chi connectivity index (χ0v) is 20.0. The number of amides is 1. The summed E-state index contributed by atoms with van der Waals surface area (Å²) in [7, 11) is 0. The second kappa shape index (κ2) is 9.13. The Morgan fingerprint density at radius 1 is 0.972 bits per heavy atom. The van der Waals surface area contributed by atoms with E-state index >= 15 is 0 Å². The largest absolute Gasteiger partial charge is 0.471 e. The highest BCUT2D eigenvalue weighted by Crippen LogP contribution is 2.48. The van der Waals surface area contributed by atoms with Crippen LogP contribution in [-0.2, 0) is 9.59 Å². The minimum atomic E-state index is -5.16. The Kier molecular flexibility index (Phi) is 6.12. The number of halogens is 4. The van der Waals surface area contributed by atoms with Crippen LogP contribution in [0.15, 0.2) is 84.1 Å². The normalized spacial score (nSPS) is 19.8. The van der Waals surface area contributed by atoms with E-state index in [1.165, 1.54) is 12.1 Å². The van der Waals surface area contributed by atoms with Gasteiger partial charge >= 0.3 is 12.1 Å². The Morgan fingerprint density at radius 3 is 2.39 bits per heavy atom. The second-order valence-corrected chi connectivity index (χ2v) is 9.54. The molecule has 8 heteroatoms. The van der Waals surface area contributed by atoms with Crippen LogP contribution in [0.25, 0.3) is 0 Å². The van der Waals surface area contributed by atoms with E-state index in [4.69, 9.17) is 11.6 Å². The van der Waals surface area contributed by atoms with Crippen LogP contribution in [0.5, 0.6) is 0 Å². The first-order valence-corrected chi connectivity index (χ1v) is 11.9. The molecule has 3 aromatic rings. The summed E-state index contributed by atoms with van der Waals surface area (Å²) < 4.78 is 41.8. The first kappa shape index (κ1) is 24.1. The van der Waals surface area contributed by atoms with Crippen LogP contribution in [0, 0.1) is 6.92 Å². The third kappa shape index (κ3) is 4.39. The molecule has 0 fully saturated rings. The number of rotatable bonds is 2. The zero-order chi connectivity index (χ0) is 25.6. The molecule has 0 saturated heterocycles. The summed E-state index contributed by atoms with van der Waals surface area (Å²) in [5.74, 6) is -2.52. The summed E-state index contributed by atoms with van der Waals surface area (Å²) in [4.78, 5) is 27.3. The van der Waals surface area contributed by atoms with Crippen LogP contribution >= 0.6 is 11.6 Å². The maximum Gasteiger partial charge on any atom is 0.471 e. The van der Waals surface area contributed by atoms with Gasteiger partial charge in [0.25, 0.3) is 0 Å². The number of fused-ring (bicyclic) bond motifs is 1. The second-order valence-electron chi connectivity index (χ2n) is 9.10. The molecule has 3 aromatic carbocycles. The van der Waals surface area contributed by atoms with Crippen molar-refractivity contribution in [1.29, 1.82) is 0 Å². The SMILES string of the molecule is Cc1ccc(C2CC(=O)C3=C(C2)Nc2ccccc2N(C(=O)C(F)(F)F)C3c2cccc(Cl)c2)cc1. The third-order valence-corrected chi connectivity index (χ3v) is 6.90. The highest BCUT2D eigenvalue weighted by atomic mass is 35.5. The van der Waals surface area contributed by atoms with Gasteiger partial charge in [-0.05, 0) is 54.7 Å². The lowest BCUT2D eigenvalue weighted by atomic mass is 9.78. The lowest BCUT2D eigenvalue weighted by Crippen LogP contribution is -2.45. The molecule has 2 unspecified atom stereocenters. The summed E-state index contributed by atoms with van der Waals surface area (Å²) in [6.45, 7) is 1.97. The predicted octanol–water partition coefficient (Wildman–Crippen LogP) is 7.11. The van der Waals surface area contributed by atoms with Crippen molar-refractivity contribution in [2.24, 2.45) is 0 Å². The van der Waals surface area contributed by atoms with E-state index in [9.17, 15) is 22.8 Å². The molecule has 2 atom stereocenters. The highest BCUT2D eigenvalue weighted by molar-refractivity contribution is 6.30. The number of aryl methyl sites for hydroxylation is 1. The van der Waals surface area contributed by atoms with E-state index < -0.39 is 18.1 Å². The van der Waals surface area contributed by atoms with Crippen LogP contribution in [-0.4, -0.2) is 17.9 Å². The lowest BCUT2D eigenvalue weighted by Gasteiger charge is -2.35. The first-order valence-electron chi connectivity index (χ1n) is 11.5. The maximum atomic E-state index is 13.9. The van der Waals surface area contributed by atoms with Crippen molar-refractivity contribution in [3.8, 4) is 0 Å². The number of carbonyl (C=O) groups excluding carboxylic acids is 2. The monoisotopic (exact) mass is 510 g/mol. The fourth-order valence-electron chi connectivity index (χ4n) is 5.02. The summed E-state index contributed by atoms with van der Waals surface area (Å²) in [5, 5.41) is 3.51. The number of nitrogens with one attached hydrogen (secondary N) is 1. The Morgan fingerprint density at radius 2 is 1.69 bits per heavy atom. The summed E-state index contributed by atoms with van der Waals surface area (Å²) in [6.07, 6.45) is -4.63. The number of hydrogen-bond donors (Lipinski definition) is 1. The van der Waals surface area contributed by atoms with Gasteiger partial charge in [0.05, 0.1) is 17.4 Å². The van der Waals surface area contributed by atoms with Crippen LogP contribution in [0.3, 0.4) is 0 Å². The van der Waals surface area contributed by atoms with E-state index in [0.717, 1.165) is 11.1 Å². The first-order chi connectivity index (χ1) is 17.1. The molecule has 0 radical (unpaired) electrons. The van der Waals surface area contributed by atoms with Gasteiger partial charge in [0.2, 0.25) is 0 Å². The van der Waals surface area contributed by atoms with Gasteiger partial charge in [0.15, 0.2) is 5.78 Å². The van der Waals surface area contributed by atoms with Gasteiger partial charge in [0.1, 0.15) is 0 Å². The zero-order valence-electron chi connectivity index (χ0n) is 19.3. The molecule has 5 rings (SSSR count). The fourth-order valence-corrected chi connectivity index (χ4v) is 5.22. The molecule has 1 amide bonds.